The van der Waals surface area contributed by atoms with Crippen molar-refractivity contribution in [2.45, 2.75) is 50.2 Å². The van der Waals surface area contributed by atoms with Crippen LogP contribution in [0, 0.1) is 5.82 Å². The largest absolute Gasteiger partial charge is 0.352 e. The Morgan fingerprint density at radius 3 is 2.07 bits per heavy atom. The monoisotopic (exact) mass is 679 g/mol. The number of amides is 2. The van der Waals surface area contributed by atoms with Crippen molar-refractivity contribution in [3.8, 4) is 0 Å². The van der Waals surface area contributed by atoms with Gasteiger partial charge in [0.2, 0.25) is 11.8 Å². The molecule has 0 radical (unpaired) electrons. The summed E-state index contributed by atoms with van der Waals surface area (Å²) in [5.74, 6) is -1.60. The summed E-state index contributed by atoms with van der Waals surface area (Å²) >= 11 is 3.38. The van der Waals surface area contributed by atoms with Gasteiger partial charge in [0.15, 0.2) is 0 Å². The predicted octanol–water partition coefficient (Wildman–Crippen LogP) is 6.34. The number of benzene rings is 4. The Labute approximate surface area is 266 Å². The second kappa shape index (κ2) is 15.1. The van der Waals surface area contributed by atoms with Crippen molar-refractivity contribution < 1.29 is 22.4 Å². The maximum atomic E-state index is 15.0. The highest BCUT2D eigenvalue weighted by Gasteiger charge is 2.35. The molecule has 0 aliphatic rings. The first kappa shape index (κ1) is 32.9. The van der Waals surface area contributed by atoms with Crippen LogP contribution >= 0.6 is 15.9 Å². The minimum atomic E-state index is -4.21. The lowest BCUT2D eigenvalue weighted by Crippen LogP contribution is -2.54. The van der Waals surface area contributed by atoms with Crippen LogP contribution in [-0.4, -0.2) is 43.8 Å². The first-order chi connectivity index (χ1) is 21.1. The van der Waals surface area contributed by atoms with Gasteiger partial charge in [0.25, 0.3) is 10.0 Å². The molecule has 4 aromatic rings. The summed E-state index contributed by atoms with van der Waals surface area (Å²) in [4.78, 5) is 29.5. The number of nitrogens with one attached hydrogen (secondary N) is 1. The summed E-state index contributed by atoms with van der Waals surface area (Å²) in [6.45, 7) is 2.94. The van der Waals surface area contributed by atoms with Crippen molar-refractivity contribution in [3.05, 3.63) is 131 Å². The molecular formula is C34H35BrFN3O4S. The third-order valence-electron chi connectivity index (χ3n) is 7.30. The SMILES string of the molecule is CC[C@H](C)NC(=O)[C@@H](Cc1ccccc1)N(Cc1ccccc1F)C(=O)CN(c1ccc(Br)cc1)S(=O)(=O)c1ccccc1. The highest BCUT2D eigenvalue weighted by atomic mass is 79.9. The Kier molecular flexibility index (Phi) is 11.3. The van der Waals surface area contributed by atoms with Crippen molar-refractivity contribution >= 4 is 43.5 Å². The average Bonchev–Trinajstić information content (AvgIpc) is 3.03. The number of carbonyl (C=O) groups excluding carboxylic acids is 2. The highest BCUT2D eigenvalue weighted by Crippen LogP contribution is 2.26. The van der Waals surface area contributed by atoms with Gasteiger partial charge in [0, 0.05) is 29.0 Å². The number of nitrogens with zero attached hydrogens (tertiary/aromatic N) is 2. The lowest BCUT2D eigenvalue weighted by atomic mass is 10.0. The minimum Gasteiger partial charge on any atom is -0.352 e. The van der Waals surface area contributed by atoms with Gasteiger partial charge < -0.3 is 10.2 Å². The van der Waals surface area contributed by atoms with Gasteiger partial charge >= 0.3 is 0 Å². The molecule has 0 aromatic heterocycles. The molecule has 2 atom stereocenters. The molecule has 0 fully saturated rings. The normalized spacial score (nSPS) is 12.6. The van der Waals surface area contributed by atoms with Crippen LogP contribution in [-0.2, 0) is 32.6 Å². The third-order valence-corrected chi connectivity index (χ3v) is 9.61. The van der Waals surface area contributed by atoms with Crippen LogP contribution < -0.4 is 9.62 Å². The van der Waals surface area contributed by atoms with Gasteiger partial charge in [-0.1, -0.05) is 89.6 Å². The van der Waals surface area contributed by atoms with Gasteiger partial charge in [-0.3, -0.25) is 13.9 Å². The van der Waals surface area contributed by atoms with Gasteiger partial charge in [-0.25, -0.2) is 12.8 Å². The molecule has 44 heavy (non-hydrogen) atoms. The Bertz CT molecular complexity index is 1660. The van der Waals surface area contributed by atoms with Crippen LogP contribution in [0.4, 0.5) is 10.1 Å². The van der Waals surface area contributed by atoms with E-state index in [4.69, 9.17) is 0 Å². The van der Waals surface area contributed by atoms with Crippen molar-refractivity contribution in [1.82, 2.24) is 10.2 Å². The third kappa shape index (κ3) is 8.33. The number of hydrogen-bond acceptors (Lipinski definition) is 4. The summed E-state index contributed by atoms with van der Waals surface area (Å²) in [7, 11) is -4.21. The van der Waals surface area contributed by atoms with Crippen LogP contribution in [0.2, 0.25) is 0 Å². The van der Waals surface area contributed by atoms with Crippen LogP contribution in [0.25, 0.3) is 0 Å². The summed E-state index contributed by atoms with van der Waals surface area (Å²) in [6, 6.07) is 28.4. The molecule has 0 bridgehead atoms. The van der Waals surface area contributed by atoms with E-state index in [9.17, 15) is 22.4 Å². The zero-order valence-corrected chi connectivity index (χ0v) is 27.0. The van der Waals surface area contributed by atoms with E-state index in [2.05, 4.69) is 21.2 Å². The smallest absolute Gasteiger partial charge is 0.264 e. The number of sulfonamides is 1. The standard InChI is InChI=1S/C34H35BrFN3O4S/c1-3-25(2)37-34(41)32(22-26-12-6-4-7-13-26)38(23-27-14-10-11-17-31(27)36)33(40)24-39(29-20-18-28(35)19-21-29)44(42,43)30-15-8-5-9-16-30/h4-21,25,32H,3,22-24H2,1-2H3,(H,37,41)/t25-,32+/m0/s1. The average molecular weight is 681 g/mol. The second-order valence-corrected chi connectivity index (χ2v) is 13.2. The molecule has 4 rings (SSSR count). The molecule has 4 aromatic carbocycles. The fourth-order valence-corrected chi connectivity index (χ4v) is 6.36. The molecule has 2 amide bonds. The van der Waals surface area contributed by atoms with Crippen molar-refractivity contribution in [3.63, 3.8) is 0 Å². The number of anilines is 1. The molecule has 7 nitrogen and oxygen atoms in total. The van der Waals surface area contributed by atoms with E-state index in [1.54, 1.807) is 60.7 Å². The van der Waals surface area contributed by atoms with Crippen LogP contribution in [0.5, 0.6) is 0 Å². The molecule has 0 saturated carbocycles. The Morgan fingerprint density at radius 1 is 0.864 bits per heavy atom. The molecule has 0 heterocycles. The summed E-state index contributed by atoms with van der Waals surface area (Å²) in [5, 5.41) is 2.97. The fourth-order valence-electron chi connectivity index (χ4n) is 4.66. The number of rotatable bonds is 13. The van der Waals surface area contributed by atoms with E-state index in [1.165, 1.54) is 23.1 Å². The van der Waals surface area contributed by atoms with E-state index in [0.29, 0.717) is 6.42 Å². The Morgan fingerprint density at radius 2 is 1.45 bits per heavy atom. The van der Waals surface area contributed by atoms with Crippen LogP contribution in [0.1, 0.15) is 31.4 Å². The summed E-state index contributed by atoms with van der Waals surface area (Å²) < 4.78 is 44.7. The number of hydrogen-bond donors (Lipinski definition) is 1. The van der Waals surface area contributed by atoms with Gasteiger partial charge in [-0.2, -0.15) is 0 Å². The van der Waals surface area contributed by atoms with Gasteiger partial charge in [0.1, 0.15) is 18.4 Å². The molecule has 1 N–H and O–H groups in total. The van der Waals surface area contributed by atoms with E-state index >= 15 is 0 Å². The summed E-state index contributed by atoms with van der Waals surface area (Å²) in [6.07, 6.45) is 0.810. The molecule has 0 unspecified atom stereocenters. The Hall–Kier alpha value is -4.02. The molecule has 230 valence electrons. The lowest BCUT2D eigenvalue weighted by Gasteiger charge is -2.34. The van der Waals surface area contributed by atoms with Crippen molar-refractivity contribution in [2.75, 3.05) is 10.8 Å². The molecule has 10 heteroatoms. The zero-order valence-electron chi connectivity index (χ0n) is 24.6. The first-order valence-corrected chi connectivity index (χ1v) is 16.5. The van der Waals surface area contributed by atoms with Crippen molar-refractivity contribution in [2.24, 2.45) is 0 Å². The molecule has 0 aliphatic heterocycles. The highest BCUT2D eigenvalue weighted by molar-refractivity contribution is 9.10. The maximum absolute atomic E-state index is 15.0. The summed E-state index contributed by atoms with van der Waals surface area (Å²) in [5.41, 5.74) is 1.26. The van der Waals surface area contributed by atoms with E-state index in [-0.39, 0.29) is 35.2 Å². The molecular weight excluding hydrogens is 645 g/mol. The second-order valence-electron chi connectivity index (χ2n) is 10.4. The predicted molar refractivity (Wildman–Crippen MR) is 174 cm³/mol. The number of carbonyl (C=O) groups is 2. The van der Waals surface area contributed by atoms with E-state index < -0.39 is 40.2 Å². The number of halogens is 2. The first-order valence-electron chi connectivity index (χ1n) is 14.3. The van der Waals surface area contributed by atoms with Crippen molar-refractivity contribution in [1.29, 1.82) is 0 Å². The quantitative estimate of drug-likeness (QED) is 0.179. The van der Waals surface area contributed by atoms with E-state index in [1.807, 2.05) is 44.2 Å². The van der Waals surface area contributed by atoms with Gasteiger partial charge in [0.05, 0.1) is 10.6 Å². The van der Waals surface area contributed by atoms with Gasteiger partial charge in [-0.05, 0) is 61.4 Å². The zero-order chi connectivity index (χ0) is 31.7. The fraction of sp³-hybridized carbons (Fsp3) is 0.235. The topological polar surface area (TPSA) is 86.8 Å². The maximum Gasteiger partial charge on any atom is 0.264 e. The van der Waals surface area contributed by atoms with E-state index in [0.717, 1.165) is 14.3 Å². The molecule has 0 aliphatic carbocycles. The minimum absolute atomic E-state index is 0.00622. The lowest BCUT2D eigenvalue weighted by molar-refractivity contribution is -0.140. The van der Waals surface area contributed by atoms with Crippen LogP contribution in [0.3, 0.4) is 0 Å². The van der Waals surface area contributed by atoms with Crippen LogP contribution in [0.15, 0.2) is 119 Å². The molecule has 0 saturated heterocycles. The molecule has 0 spiro atoms. The van der Waals surface area contributed by atoms with Gasteiger partial charge in [-0.15, -0.1) is 0 Å². The Balaban J connectivity index is 1.80.